The lowest BCUT2D eigenvalue weighted by Crippen LogP contribution is -2.25. The molecule has 3 rings (SSSR count). The molecule has 0 aromatic heterocycles. The van der Waals surface area contributed by atoms with Crippen LogP contribution in [0.25, 0.3) is 11.1 Å². The van der Waals surface area contributed by atoms with Crippen molar-refractivity contribution in [2.24, 2.45) is 0 Å². The molecule has 2 nitrogen and oxygen atoms in total. The van der Waals surface area contributed by atoms with Gasteiger partial charge in [-0.1, -0.05) is 30.3 Å². The highest BCUT2D eigenvalue weighted by Gasteiger charge is 2.30. The van der Waals surface area contributed by atoms with Crippen LogP contribution < -0.4 is 5.32 Å². The number of rotatable bonds is 3. The fourth-order valence-electron chi connectivity index (χ4n) is 3.04. The molecule has 0 amide bonds. The predicted molar refractivity (Wildman–Crippen MR) is 90.5 cm³/mol. The number of hydrogen-bond acceptors (Lipinski definition) is 2. The average Bonchev–Trinajstić information content (AvgIpc) is 2.54. The Balaban J connectivity index is 0.00000208. The molecular weight excluding hydrogens is 339 g/mol. The van der Waals surface area contributed by atoms with Gasteiger partial charge in [0, 0.05) is 6.54 Å². The Bertz CT molecular complexity index is 686. The SMILES string of the molecule is CNC[C@H]1OCCc2c(-c3ccc(C(F)(F)F)cc3)cccc21.Cl. The van der Waals surface area contributed by atoms with E-state index in [0.717, 1.165) is 35.2 Å². The quantitative estimate of drug-likeness (QED) is 0.865. The third-order valence-electron chi connectivity index (χ3n) is 4.14. The Kier molecular flexibility index (Phi) is 5.91. The normalized spacial score (nSPS) is 17.1. The first kappa shape index (κ1) is 18.8. The molecule has 1 heterocycles. The zero-order valence-corrected chi connectivity index (χ0v) is 14.0. The first-order valence-electron chi connectivity index (χ1n) is 7.56. The molecule has 0 aliphatic carbocycles. The van der Waals surface area contributed by atoms with Gasteiger partial charge in [0.25, 0.3) is 0 Å². The molecule has 6 heteroatoms. The lowest BCUT2D eigenvalue weighted by atomic mass is 9.89. The van der Waals surface area contributed by atoms with Crippen molar-refractivity contribution in [1.82, 2.24) is 5.32 Å². The summed E-state index contributed by atoms with van der Waals surface area (Å²) in [7, 11) is 1.87. The molecular formula is C18H19ClF3NO. The highest BCUT2D eigenvalue weighted by atomic mass is 35.5. The Labute approximate surface area is 145 Å². The van der Waals surface area contributed by atoms with E-state index in [1.54, 1.807) is 12.1 Å². The van der Waals surface area contributed by atoms with Crippen LogP contribution in [0.4, 0.5) is 13.2 Å². The molecule has 0 unspecified atom stereocenters. The maximum atomic E-state index is 12.7. The van der Waals surface area contributed by atoms with Gasteiger partial charge in [0.15, 0.2) is 0 Å². The summed E-state index contributed by atoms with van der Waals surface area (Å²) in [5.41, 5.74) is 3.45. The third kappa shape index (κ3) is 3.74. The summed E-state index contributed by atoms with van der Waals surface area (Å²) in [5.74, 6) is 0. The highest BCUT2D eigenvalue weighted by Crippen LogP contribution is 2.36. The molecule has 130 valence electrons. The lowest BCUT2D eigenvalue weighted by Gasteiger charge is -2.28. The molecule has 1 atom stereocenters. The fraction of sp³-hybridized carbons (Fsp3) is 0.333. The van der Waals surface area contributed by atoms with E-state index in [4.69, 9.17) is 4.74 Å². The van der Waals surface area contributed by atoms with Crippen molar-refractivity contribution in [2.45, 2.75) is 18.7 Å². The molecule has 0 saturated carbocycles. The second kappa shape index (κ2) is 7.55. The van der Waals surface area contributed by atoms with Gasteiger partial charge in [-0.05, 0) is 47.9 Å². The number of alkyl halides is 3. The molecule has 2 aromatic carbocycles. The van der Waals surface area contributed by atoms with Gasteiger partial charge in [-0.25, -0.2) is 0 Å². The Morgan fingerprint density at radius 1 is 1.12 bits per heavy atom. The maximum absolute atomic E-state index is 12.7. The second-order valence-electron chi connectivity index (χ2n) is 5.62. The van der Waals surface area contributed by atoms with Gasteiger partial charge in [0.2, 0.25) is 0 Å². The highest BCUT2D eigenvalue weighted by molar-refractivity contribution is 5.85. The van der Waals surface area contributed by atoms with Gasteiger partial charge < -0.3 is 10.1 Å². The van der Waals surface area contributed by atoms with E-state index in [0.29, 0.717) is 13.2 Å². The van der Waals surface area contributed by atoms with Crippen LogP contribution in [0.3, 0.4) is 0 Å². The number of nitrogens with one attached hydrogen (secondary N) is 1. The first-order valence-corrected chi connectivity index (χ1v) is 7.56. The molecule has 0 bridgehead atoms. The minimum absolute atomic E-state index is 0. The molecule has 2 aromatic rings. The summed E-state index contributed by atoms with van der Waals surface area (Å²) in [4.78, 5) is 0. The van der Waals surface area contributed by atoms with Crippen LogP contribution in [-0.2, 0) is 17.3 Å². The van der Waals surface area contributed by atoms with Crippen LogP contribution in [0.5, 0.6) is 0 Å². The number of fused-ring (bicyclic) bond motifs is 1. The Morgan fingerprint density at radius 3 is 2.46 bits per heavy atom. The van der Waals surface area contributed by atoms with E-state index in [1.165, 1.54) is 5.56 Å². The molecule has 0 radical (unpaired) electrons. The summed E-state index contributed by atoms with van der Waals surface area (Å²) in [6.45, 7) is 1.33. The smallest absolute Gasteiger partial charge is 0.372 e. The van der Waals surface area contributed by atoms with Crippen molar-refractivity contribution in [2.75, 3.05) is 20.2 Å². The Hall–Kier alpha value is -1.56. The van der Waals surface area contributed by atoms with Crippen LogP contribution in [0.15, 0.2) is 42.5 Å². The molecule has 1 aliphatic heterocycles. The van der Waals surface area contributed by atoms with Gasteiger partial charge in [0.05, 0.1) is 18.3 Å². The van der Waals surface area contributed by atoms with E-state index in [9.17, 15) is 13.2 Å². The standard InChI is InChI=1S/C18H18F3NO.ClH/c1-22-11-17-16-4-2-3-14(15(16)9-10-23-17)12-5-7-13(8-6-12)18(19,20)21;/h2-8,17,22H,9-11H2,1H3;1H/t17-;/m1./s1. The van der Waals surface area contributed by atoms with Crippen LogP contribution in [0, 0.1) is 0 Å². The Morgan fingerprint density at radius 2 is 1.83 bits per heavy atom. The first-order chi connectivity index (χ1) is 11.0. The van der Waals surface area contributed by atoms with Crippen LogP contribution in [0.2, 0.25) is 0 Å². The fourth-order valence-corrected chi connectivity index (χ4v) is 3.04. The molecule has 1 N–H and O–H groups in total. The maximum Gasteiger partial charge on any atom is 0.416 e. The molecule has 1 aliphatic rings. The van der Waals surface area contributed by atoms with Crippen molar-refractivity contribution in [3.63, 3.8) is 0 Å². The van der Waals surface area contributed by atoms with E-state index in [-0.39, 0.29) is 18.5 Å². The monoisotopic (exact) mass is 357 g/mol. The van der Waals surface area contributed by atoms with E-state index in [2.05, 4.69) is 5.32 Å². The van der Waals surface area contributed by atoms with Crippen LogP contribution in [0.1, 0.15) is 22.8 Å². The summed E-state index contributed by atoms with van der Waals surface area (Å²) < 4.78 is 43.9. The molecule has 0 fully saturated rings. The average molecular weight is 358 g/mol. The van der Waals surface area contributed by atoms with Gasteiger partial charge in [-0.15, -0.1) is 12.4 Å². The summed E-state index contributed by atoms with van der Waals surface area (Å²) in [5, 5.41) is 3.11. The van der Waals surface area contributed by atoms with E-state index < -0.39 is 11.7 Å². The van der Waals surface area contributed by atoms with Crippen molar-refractivity contribution in [3.8, 4) is 11.1 Å². The lowest BCUT2D eigenvalue weighted by molar-refractivity contribution is -0.137. The van der Waals surface area contributed by atoms with Crippen molar-refractivity contribution in [3.05, 3.63) is 59.2 Å². The largest absolute Gasteiger partial charge is 0.416 e. The number of benzene rings is 2. The minimum atomic E-state index is -4.31. The summed E-state index contributed by atoms with van der Waals surface area (Å²) in [6, 6.07) is 11.3. The van der Waals surface area contributed by atoms with E-state index >= 15 is 0 Å². The third-order valence-corrected chi connectivity index (χ3v) is 4.14. The van der Waals surface area contributed by atoms with Crippen molar-refractivity contribution >= 4 is 12.4 Å². The summed E-state index contributed by atoms with van der Waals surface area (Å²) in [6.07, 6.45) is -3.55. The van der Waals surface area contributed by atoms with Crippen LogP contribution >= 0.6 is 12.4 Å². The van der Waals surface area contributed by atoms with Crippen LogP contribution in [-0.4, -0.2) is 20.2 Å². The van der Waals surface area contributed by atoms with Gasteiger partial charge in [-0.3, -0.25) is 0 Å². The second-order valence-corrected chi connectivity index (χ2v) is 5.62. The number of ether oxygens (including phenoxy) is 1. The summed E-state index contributed by atoms with van der Waals surface area (Å²) >= 11 is 0. The minimum Gasteiger partial charge on any atom is -0.372 e. The van der Waals surface area contributed by atoms with Gasteiger partial charge in [-0.2, -0.15) is 13.2 Å². The zero-order chi connectivity index (χ0) is 16.4. The van der Waals surface area contributed by atoms with Crippen molar-refractivity contribution < 1.29 is 17.9 Å². The number of likely N-dealkylation sites (N-methyl/N-ethyl adjacent to an activating group) is 1. The van der Waals surface area contributed by atoms with Crippen molar-refractivity contribution in [1.29, 1.82) is 0 Å². The molecule has 24 heavy (non-hydrogen) atoms. The van der Waals surface area contributed by atoms with Gasteiger partial charge in [0.1, 0.15) is 0 Å². The van der Waals surface area contributed by atoms with Gasteiger partial charge >= 0.3 is 6.18 Å². The predicted octanol–water partition coefficient (Wildman–Crippen LogP) is 4.63. The van der Waals surface area contributed by atoms with E-state index in [1.807, 2.05) is 25.2 Å². The zero-order valence-electron chi connectivity index (χ0n) is 13.2. The molecule has 0 saturated heterocycles. The topological polar surface area (TPSA) is 21.3 Å². The molecule has 0 spiro atoms. The number of hydrogen-bond donors (Lipinski definition) is 1. The number of halogens is 4.